The van der Waals surface area contributed by atoms with Crippen LogP contribution in [0.3, 0.4) is 0 Å². The lowest BCUT2D eigenvalue weighted by molar-refractivity contribution is -0.166. The predicted octanol–water partition coefficient (Wildman–Crippen LogP) is 18.1. The van der Waals surface area contributed by atoms with Gasteiger partial charge in [0.15, 0.2) is 6.10 Å². The van der Waals surface area contributed by atoms with Crippen LogP contribution in [-0.4, -0.2) is 37.2 Å². The average molecular weight is 917 g/mol. The van der Waals surface area contributed by atoms with Gasteiger partial charge < -0.3 is 14.2 Å². The Kier molecular flexibility index (Phi) is 50.9. The van der Waals surface area contributed by atoms with Crippen LogP contribution in [-0.2, 0) is 28.6 Å². The van der Waals surface area contributed by atoms with E-state index in [1.807, 2.05) is 6.08 Å². The van der Waals surface area contributed by atoms with Crippen molar-refractivity contribution in [1.82, 2.24) is 0 Å². The molecule has 0 aromatic rings. The second-order valence-electron chi connectivity index (χ2n) is 17.8. The molecule has 0 bridgehead atoms. The molecule has 0 aliphatic rings. The van der Waals surface area contributed by atoms with Crippen molar-refractivity contribution in [3.05, 3.63) is 97.2 Å². The molecule has 0 aliphatic heterocycles. The number of esters is 3. The lowest BCUT2D eigenvalue weighted by Crippen LogP contribution is -2.30. The van der Waals surface area contributed by atoms with E-state index in [1.54, 1.807) is 0 Å². The third-order valence-corrected chi connectivity index (χ3v) is 11.3. The molecule has 0 unspecified atom stereocenters. The van der Waals surface area contributed by atoms with Crippen LogP contribution in [0.15, 0.2) is 97.2 Å². The SMILES string of the molecule is CC/C=C/C/C=C/C/C=C/C/C=C/C/C=C/C/C=C/CCC(=O)OC[C@@H](COC(=O)CCCCCCCCCCCCCCCC)OC(=O)CCCCCCC/C=C/C/C=C/CCCCC. The quantitative estimate of drug-likeness (QED) is 0.0262. The van der Waals surface area contributed by atoms with Gasteiger partial charge in [0.1, 0.15) is 13.2 Å². The van der Waals surface area contributed by atoms with Gasteiger partial charge in [0.05, 0.1) is 0 Å². The van der Waals surface area contributed by atoms with Gasteiger partial charge in [-0.15, -0.1) is 0 Å². The van der Waals surface area contributed by atoms with Gasteiger partial charge in [-0.05, 0) is 89.9 Å². The van der Waals surface area contributed by atoms with Gasteiger partial charge in [-0.25, -0.2) is 0 Å². The van der Waals surface area contributed by atoms with Gasteiger partial charge in [-0.1, -0.05) is 234 Å². The fourth-order valence-electron chi connectivity index (χ4n) is 7.26. The zero-order valence-corrected chi connectivity index (χ0v) is 42.9. The molecule has 0 aromatic carbocycles. The van der Waals surface area contributed by atoms with Crippen LogP contribution in [0.25, 0.3) is 0 Å². The second-order valence-corrected chi connectivity index (χ2v) is 17.8. The fourth-order valence-corrected chi connectivity index (χ4v) is 7.26. The van der Waals surface area contributed by atoms with E-state index >= 15 is 0 Å². The van der Waals surface area contributed by atoms with Gasteiger partial charge in [-0.2, -0.15) is 0 Å². The van der Waals surface area contributed by atoms with Crippen LogP contribution in [0.4, 0.5) is 0 Å². The fraction of sp³-hybridized carbons (Fsp3) is 0.683. The standard InChI is InChI=1S/C60H100O6/c1-4-7-10-13-16-19-22-25-28-29-30-31-33-35-38-41-44-47-50-53-59(62)65-56-57(55-64-58(61)52-49-46-43-40-37-34-27-24-21-18-15-12-9-6-3)66-60(63)54-51-48-45-42-39-36-32-26-23-20-17-14-11-8-5-2/h7,10,16-17,19-20,25-26,28,30-32,35,38,44,47,57H,4-6,8-9,11-15,18,21-24,27,29,33-34,36-37,39-43,45-46,48-56H2,1-3H3/b10-7+,19-16+,20-17+,28-25+,31-30+,32-26+,38-35+,47-44+/t57-/m1/s1. The molecule has 0 amide bonds. The van der Waals surface area contributed by atoms with Crippen molar-refractivity contribution >= 4 is 17.9 Å². The molecule has 0 aliphatic carbocycles. The number of ether oxygens (including phenoxy) is 3. The van der Waals surface area contributed by atoms with E-state index in [4.69, 9.17) is 14.2 Å². The minimum Gasteiger partial charge on any atom is -0.462 e. The Morgan fingerprint density at radius 2 is 0.621 bits per heavy atom. The molecule has 0 fully saturated rings. The first-order valence-electron chi connectivity index (χ1n) is 27.2. The smallest absolute Gasteiger partial charge is 0.306 e. The van der Waals surface area contributed by atoms with Crippen molar-refractivity contribution < 1.29 is 28.6 Å². The summed E-state index contributed by atoms with van der Waals surface area (Å²) in [5, 5.41) is 0. The number of hydrogen-bond donors (Lipinski definition) is 0. The van der Waals surface area contributed by atoms with E-state index in [1.165, 1.54) is 96.3 Å². The van der Waals surface area contributed by atoms with Crippen molar-refractivity contribution in [2.24, 2.45) is 0 Å². The highest BCUT2D eigenvalue weighted by Crippen LogP contribution is 2.15. The molecule has 0 radical (unpaired) electrons. The largest absolute Gasteiger partial charge is 0.462 e. The van der Waals surface area contributed by atoms with Crippen LogP contribution in [0, 0.1) is 0 Å². The lowest BCUT2D eigenvalue weighted by Gasteiger charge is -2.18. The zero-order chi connectivity index (χ0) is 47.9. The highest BCUT2D eigenvalue weighted by atomic mass is 16.6. The molecule has 0 spiro atoms. The van der Waals surface area contributed by atoms with Crippen molar-refractivity contribution in [3.63, 3.8) is 0 Å². The number of carbonyl (C=O) groups is 3. The zero-order valence-electron chi connectivity index (χ0n) is 42.9. The summed E-state index contributed by atoms with van der Waals surface area (Å²) in [5.74, 6) is -1.01. The van der Waals surface area contributed by atoms with E-state index in [0.717, 1.165) is 103 Å². The molecule has 66 heavy (non-hydrogen) atoms. The first-order valence-corrected chi connectivity index (χ1v) is 27.2. The Balaban J connectivity index is 4.52. The lowest BCUT2D eigenvalue weighted by atomic mass is 10.0. The molecule has 0 saturated carbocycles. The second kappa shape index (κ2) is 53.9. The van der Waals surface area contributed by atoms with E-state index < -0.39 is 6.10 Å². The van der Waals surface area contributed by atoms with Crippen LogP contribution >= 0.6 is 0 Å². The Morgan fingerprint density at radius 1 is 0.318 bits per heavy atom. The molecule has 0 heterocycles. The molecule has 6 heteroatoms. The highest BCUT2D eigenvalue weighted by molar-refractivity contribution is 5.71. The maximum atomic E-state index is 12.8. The summed E-state index contributed by atoms with van der Waals surface area (Å²) in [6.45, 7) is 6.42. The molecular formula is C60H100O6. The van der Waals surface area contributed by atoms with Crippen molar-refractivity contribution in [1.29, 1.82) is 0 Å². The van der Waals surface area contributed by atoms with E-state index in [-0.39, 0.29) is 37.5 Å². The molecule has 0 N–H and O–H groups in total. The van der Waals surface area contributed by atoms with E-state index in [2.05, 4.69) is 112 Å². The Morgan fingerprint density at radius 3 is 1.05 bits per heavy atom. The summed E-state index contributed by atoms with van der Waals surface area (Å²) in [4.78, 5) is 38.0. The molecular weight excluding hydrogens is 817 g/mol. The average Bonchev–Trinajstić information content (AvgIpc) is 3.31. The Labute approximate surface area is 407 Å². The van der Waals surface area contributed by atoms with Gasteiger partial charge >= 0.3 is 17.9 Å². The maximum Gasteiger partial charge on any atom is 0.306 e. The molecule has 0 saturated heterocycles. The summed E-state index contributed by atoms with van der Waals surface area (Å²) >= 11 is 0. The minimum atomic E-state index is -0.814. The third kappa shape index (κ3) is 51.3. The first-order chi connectivity index (χ1) is 32.5. The number of rotatable bonds is 48. The van der Waals surface area contributed by atoms with Crippen LogP contribution in [0.1, 0.15) is 245 Å². The Hall–Kier alpha value is -3.67. The topological polar surface area (TPSA) is 78.9 Å². The van der Waals surface area contributed by atoms with Crippen molar-refractivity contribution in [3.8, 4) is 0 Å². The summed E-state index contributed by atoms with van der Waals surface area (Å²) < 4.78 is 16.7. The minimum absolute atomic E-state index is 0.105. The highest BCUT2D eigenvalue weighted by Gasteiger charge is 2.19. The summed E-state index contributed by atoms with van der Waals surface area (Å²) in [6.07, 6.45) is 71.1. The molecule has 0 rings (SSSR count). The van der Waals surface area contributed by atoms with Crippen LogP contribution < -0.4 is 0 Å². The van der Waals surface area contributed by atoms with Crippen LogP contribution in [0.5, 0.6) is 0 Å². The molecule has 376 valence electrons. The Bertz CT molecular complexity index is 1330. The van der Waals surface area contributed by atoms with E-state index in [0.29, 0.717) is 19.3 Å². The number of hydrogen-bond acceptors (Lipinski definition) is 6. The third-order valence-electron chi connectivity index (χ3n) is 11.3. The maximum absolute atomic E-state index is 12.8. The normalized spacial score (nSPS) is 12.8. The van der Waals surface area contributed by atoms with Gasteiger partial charge in [0.25, 0.3) is 0 Å². The van der Waals surface area contributed by atoms with E-state index in [9.17, 15) is 14.4 Å². The molecule has 6 nitrogen and oxygen atoms in total. The van der Waals surface area contributed by atoms with Crippen molar-refractivity contribution in [2.75, 3.05) is 13.2 Å². The van der Waals surface area contributed by atoms with Crippen molar-refractivity contribution in [2.45, 2.75) is 252 Å². The molecule has 0 aromatic heterocycles. The number of allylic oxidation sites excluding steroid dienone is 16. The van der Waals surface area contributed by atoms with Gasteiger partial charge in [0, 0.05) is 19.3 Å². The van der Waals surface area contributed by atoms with Gasteiger partial charge in [-0.3, -0.25) is 14.4 Å². The number of carbonyl (C=O) groups excluding carboxylic acids is 3. The van der Waals surface area contributed by atoms with Crippen LogP contribution in [0.2, 0.25) is 0 Å². The molecule has 1 atom stereocenters. The first kappa shape index (κ1) is 62.3. The number of unbranched alkanes of at least 4 members (excludes halogenated alkanes) is 21. The summed E-state index contributed by atoms with van der Waals surface area (Å²) in [6, 6.07) is 0. The monoisotopic (exact) mass is 917 g/mol. The summed E-state index contributed by atoms with van der Waals surface area (Å²) in [5.41, 5.74) is 0. The summed E-state index contributed by atoms with van der Waals surface area (Å²) in [7, 11) is 0. The predicted molar refractivity (Wildman–Crippen MR) is 284 cm³/mol. The van der Waals surface area contributed by atoms with Gasteiger partial charge in [0.2, 0.25) is 0 Å².